The largest absolute Gasteiger partial charge is 0.491 e. The predicted molar refractivity (Wildman–Crippen MR) is 98.1 cm³/mol. The summed E-state index contributed by atoms with van der Waals surface area (Å²) in [6.07, 6.45) is 2.18. The lowest BCUT2D eigenvalue weighted by Gasteiger charge is -2.24. The number of aryl methyl sites for hydroxylation is 2. The maximum Gasteiger partial charge on any atom is 0.142 e. The second kappa shape index (κ2) is 6.84. The minimum atomic E-state index is 0.353. The number of fused-ring (bicyclic) bond motifs is 1. The molecule has 0 amide bonds. The zero-order chi connectivity index (χ0) is 16.4. The highest BCUT2D eigenvalue weighted by molar-refractivity contribution is 6.30. The second-order valence-corrected chi connectivity index (χ2v) is 6.89. The summed E-state index contributed by atoms with van der Waals surface area (Å²) in [6.45, 7) is 5.99. The van der Waals surface area contributed by atoms with E-state index in [0.717, 1.165) is 30.2 Å². The fourth-order valence-electron chi connectivity index (χ4n) is 3.37. The fourth-order valence-corrected chi connectivity index (χ4v) is 3.56. The van der Waals surface area contributed by atoms with Crippen LogP contribution < -0.4 is 9.64 Å². The highest BCUT2D eigenvalue weighted by Gasteiger charge is 2.24. The molecule has 1 heterocycles. The molecule has 0 N–H and O–H groups in total. The Morgan fingerprint density at radius 3 is 2.83 bits per heavy atom. The monoisotopic (exact) mass is 329 g/mol. The van der Waals surface area contributed by atoms with Gasteiger partial charge in [0.05, 0.1) is 12.3 Å². The first-order valence-corrected chi connectivity index (χ1v) is 8.69. The number of benzene rings is 2. The maximum atomic E-state index is 6.20. The van der Waals surface area contributed by atoms with Crippen LogP contribution in [0.3, 0.4) is 0 Å². The number of hydrogen-bond acceptors (Lipinski definition) is 2. The van der Waals surface area contributed by atoms with E-state index in [1.807, 2.05) is 6.07 Å². The maximum absolute atomic E-state index is 6.20. The highest BCUT2D eigenvalue weighted by atomic mass is 35.5. The van der Waals surface area contributed by atoms with Crippen LogP contribution in [0.15, 0.2) is 36.4 Å². The lowest BCUT2D eigenvalue weighted by Crippen LogP contribution is -2.25. The molecule has 0 spiro atoms. The van der Waals surface area contributed by atoms with Gasteiger partial charge in [0.15, 0.2) is 0 Å². The molecule has 2 nitrogen and oxygen atoms in total. The van der Waals surface area contributed by atoms with Gasteiger partial charge in [0.1, 0.15) is 5.75 Å². The molecule has 1 aliphatic rings. The summed E-state index contributed by atoms with van der Waals surface area (Å²) in [6, 6.07) is 12.7. The molecular weight excluding hydrogens is 306 g/mol. The van der Waals surface area contributed by atoms with E-state index in [0.29, 0.717) is 12.5 Å². The molecule has 1 aliphatic heterocycles. The first-order chi connectivity index (χ1) is 11.1. The molecule has 0 saturated carbocycles. The molecule has 0 aliphatic carbocycles. The van der Waals surface area contributed by atoms with Crippen LogP contribution in [-0.2, 0) is 6.42 Å². The van der Waals surface area contributed by atoms with Gasteiger partial charge in [-0.3, -0.25) is 0 Å². The molecule has 2 aromatic carbocycles. The van der Waals surface area contributed by atoms with Crippen molar-refractivity contribution in [3.05, 3.63) is 58.1 Å². The van der Waals surface area contributed by atoms with Gasteiger partial charge >= 0.3 is 0 Å². The second-order valence-electron chi connectivity index (χ2n) is 6.45. The Kier molecular flexibility index (Phi) is 4.82. The Hall–Kier alpha value is -1.67. The third-order valence-corrected chi connectivity index (χ3v) is 4.76. The Morgan fingerprint density at radius 1 is 1.22 bits per heavy atom. The summed E-state index contributed by atoms with van der Waals surface area (Å²) in [7, 11) is 2.15. The van der Waals surface area contributed by atoms with Gasteiger partial charge < -0.3 is 9.64 Å². The Morgan fingerprint density at radius 2 is 2.04 bits per heavy atom. The van der Waals surface area contributed by atoms with Crippen molar-refractivity contribution >= 4 is 17.3 Å². The third kappa shape index (κ3) is 3.48. The lowest BCUT2D eigenvalue weighted by molar-refractivity contribution is 0.299. The van der Waals surface area contributed by atoms with Gasteiger partial charge in [0.25, 0.3) is 0 Å². The molecule has 0 saturated heterocycles. The topological polar surface area (TPSA) is 12.5 Å². The normalized spacial score (nSPS) is 17.4. The van der Waals surface area contributed by atoms with E-state index < -0.39 is 0 Å². The molecule has 1 unspecified atom stereocenters. The molecule has 0 bridgehead atoms. The molecule has 1 atom stereocenters. The summed E-state index contributed by atoms with van der Waals surface area (Å²) in [5.41, 5.74) is 5.16. The summed E-state index contributed by atoms with van der Waals surface area (Å²) in [5.74, 6) is 1.33. The summed E-state index contributed by atoms with van der Waals surface area (Å²) < 4.78 is 6.13. The van der Waals surface area contributed by atoms with Gasteiger partial charge in [-0.15, -0.1) is 0 Å². The number of nitrogens with zero attached hydrogens (tertiary/aromatic N) is 1. The average Bonchev–Trinajstić information content (AvgIpc) is 2.68. The van der Waals surface area contributed by atoms with E-state index in [-0.39, 0.29) is 0 Å². The van der Waals surface area contributed by atoms with Gasteiger partial charge in [-0.05, 0) is 54.3 Å². The van der Waals surface area contributed by atoms with Crippen molar-refractivity contribution in [2.45, 2.75) is 32.6 Å². The number of ether oxygens (including phenoxy) is 1. The van der Waals surface area contributed by atoms with Gasteiger partial charge in [-0.25, -0.2) is 0 Å². The van der Waals surface area contributed by atoms with Gasteiger partial charge in [0.2, 0.25) is 0 Å². The van der Waals surface area contributed by atoms with Crippen LogP contribution in [0, 0.1) is 6.92 Å². The van der Waals surface area contributed by atoms with Crippen molar-refractivity contribution in [2.75, 3.05) is 25.1 Å². The molecule has 3 rings (SSSR count). The van der Waals surface area contributed by atoms with E-state index in [2.05, 4.69) is 56.1 Å². The van der Waals surface area contributed by atoms with Crippen molar-refractivity contribution in [3.8, 4) is 5.75 Å². The van der Waals surface area contributed by atoms with E-state index in [1.54, 1.807) is 0 Å². The molecular formula is C20H24ClNO. The molecule has 122 valence electrons. The van der Waals surface area contributed by atoms with Crippen molar-refractivity contribution < 1.29 is 4.74 Å². The average molecular weight is 330 g/mol. The van der Waals surface area contributed by atoms with Crippen molar-refractivity contribution in [1.82, 2.24) is 0 Å². The predicted octanol–water partition coefficient (Wildman–Crippen LogP) is 5.21. The van der Waals surface area contributed by atoms with Crippen LogP contribution in [0.25, 0.3) is 0 Å². The van der Waals surface area contributed by atoms with E-state index >= 15 is 0 Å². The minimum Gasteiger partial charge on any atom is -0.491 e. The fraction of sp³-hybridized carbons (Fsp3) is 0.400. The first kappa shape index (κ1) is 16.2. The number of rotatable bonds is 3. The smallest absolute Gasteiger partial charge is 0.142 e. The van der Waals surface area contributed by atoms with Gasteiger partial charge in [-0.2, -0.15) is 0 Å². The Bertz CT molecular complexity index is 698. The van der Waals surface area contributed by atoms with Crippen molar-refractivity contribution in [3.63, 3.8) is 0 Å². The molecule has 0 radical (unpaired) electrons. The van der Waals surface area contributed by atoms with Gasteiger partial charge in [0, 0.05) is 24.5 Å². The number of likely N-dealkylation sites (N-methyl/N-ethyl adjacent to an activating group) is 1. The van der Waals surface area contributed by atoms with E-state index in [4.69, 9.17) is 16.3 Å². The standard InChI is InChI=1S/C20H24ClNO/c1-4-5-15-11-17(21)7-8-18(15)16-12-22(3)19-10-14(2)6-9-20(19)23-13-16/h6-11,16H,4-5,12-13H2,1-3H3. The van der Waals surface area contributed by atoms with Gasteiger partial charge in [-0.1, -0.05) is 37.1 Å². The van der Waals surface area contributed by atoms with Crippen molar-refractivity contribution in [1.29, 1.82) is 0 Å². The Labute approximate surface area is 144 Å². The van der Waals surface area contributed by atoms with E-state index in [1.165, 1.54) is 22.4 Å². The van der Waals surface area contributed by atoms with Crippen LogP contribution in [0.5, 0.6) is 5.75 Å². The minimum absolute atomic E-state index is 0.353. The van der Waals surface area contributed by atoms with Crippen LogP contribution in [0.2, 0.25) is 5.02 Å². The highest BCUT2D eigenvalue weighted by Crippen LogP contribution is 2.35. The van der Waals surface area contributed by atoms with Crippen molar-refractivity contribution in [2.24, 2.45) is 0 Å². The zero-order valence-electron chi connectivity index (χ0n) is 14.1. The lowest BCUT2D eigenvalue weighted by atomic mass is 9.92. The summed E-state index contributed by atoms with van der Waals surface area (Å²) in [4.78, 5) is 2.31. The third-order valence-electron chi connectivity index (χ3n) is 4.52. The summed E-state index contributed by atoms with van der Waals surface area (Å²) in [5, 5.41) is 0.819. The SMILES string of the molecule is CCCc1cc(Cl)ccc1C1COc2ccc(C)cc2N(C)C1. The number of halogens is 1. The molecule has 2 aromatic rings. The summed E-state index contributed by atoms with van der Waals surface area (Å²) >= 11 is 6.20. The van der Waals surface area contributed by atoms with Crippen LogP contribution in [0.4, 0.5) is 5.69 Å². The number of anilines is 1. The molecule has 0 aromatic heterocycles. The van der Waals surface area contributed by atoms with Crippen LogP contribution >= 0.6 is 11.6 Å². The zero-order valence-corrected chi connectivity index (χ0v) is 14.9. The quantitative estimate of drug-likeness (QED) is 0.766. The van der Waals surface area contributed by atoms with E-state index in [9.17, 15) is 0 Å². The first-order valence-electron chi connectivity index (χ1n) is 8.31. The van der Waals surface area contributed by atoms with Crippen LogP contribution in [-0.4, -0.2) is 20.2 Å². The molecule has 23 heavy (non-hydrogen) atoms. The molecule has 3 heteroatoms. The Balaban J connectivity index is 1.92. The molecule has 0 fully saturated rings. The van der Waals surface area contributed by atoms with Crippen LogP contribution in [0.1, 0.15) is 36.0 Å². The number of hydrogen-bond donors (Lipinski definition) is 0.